The average molecular weight is 636 g/mol. The van der Waals surface area contributed by atoms with Gasteiger partial charge in [-0.2, -0.15) is 17.6 Å². The molecule has 43 heavy (non-hydrogen) atoms. The smallest absolute Gasteiger partial charge is 0.487 e. The van der Waals surface area contributed by atoms with E-state index in [1.54, 1.807) is 0 Å². The zero-order valence-corrected chi connectivity index (χ0v) is 19.8. The molecule has 0 spiro atoms. The van der Waals surface area contributed by atoms with Crippen molar-refractivity contribution in [2.45, 2.75) is 0 Å². The minimum absolute atomic E-state index is 0.0221. The minimum Gasteiger partial charge on any atom is -0.487 e. The van der Waals surface area contributed by atoms with Crippen LogP contribution in [-0.2, 0) is 0 Å². The molecule has 0 amide bonds. The van der Waals surface area contributed by atoms with Gasteiger partial charge in [0.1, 0.15) is 11.6 Å². The van der Waals surface area contributed by atoms with E-state index in [9.17, 15) is 65.9 Å². The Labute approximate surface area is 227 Å². The fraction of sp³-hybridized carbons (Fsp3) is 0. The highest BCUT2D eigenvalue weighted by Gasteiger charge is 2.40. The molecule has 19 heteroatoms. The monoisotopic (exact) mass is 636 g/mol. The van der Waals surface area contributed by atoms with Crippen LogP contribution in [0.2, 0.25) is 0 Å². The first-order chi connectivity index (χ1) is 20.1. The molecule has 0 aromatic heterocycles. The molecule has 0 bridgehead atoms. The first-order valence-electron chi connectivity index (χ1n) is 10.7. The van der Waals surface area contributed by atoms with E-state index >= 15 is 0 Å². The highest BCUT2D eigenvalue weighted by Crippen LogP contribution is 2.35. The molecule has 0 saturated heterocycles. The van der Waals surface area contributed by atoms with Gasteiger partial charge in [-0.05, 0) is 18.2 Å². The molecule has 0 aliphatic carbocycles. The minimum atomic E-state index is -3.44. The van der Waals surface area contributed by atoms with Crippen molar-refractivity contribution < 1.29 is 79.8 Å². The van der Waals surface area contributed by atoms with Gasteiger partial charge in [0, 0.05) is 17.2 Å². The lowest BCUT2D eigenvalue weighted by atomic mass is 10.0. The second kappa shape index (κ2) is 11.5. The van der Waals surface area contributed by atoms with Gasteiger partial charge in [0.2, 0.25) is 58.2 Å². The van der Waals surface area contributed by atoms with E-state index in [-0.39, 0.29) is 12.1 Å². The molecule has 0 fully saturated rings. The molecule has 0 atom stereocenters. The van der Waals surface area contributed by atoms with Gasteiger partial charge >= 0.3 is 7.32 Å². The second-order valence-corrected chi connectivity index (χ2v) is 7.93. The predicted octanol–water partition coefficient (Wildman–Crippen LogP) is 7.96. The topological polar surface area (TPSA) is 27.7 Å². The molecule has 3 nitrogen and oxygen atoms in total. The first-order valence-corrected chi connectivity index (χ1v) is 10.7. The fourth-order valence-electron chi connectivity index (χ4n) is 3.30. The van der Waals surface area contributed by atoms with E-state index in [1.807, 2.05) is 0 Å². The van der Waals surface area contributed by atoms with Crippen LogP contribution in [0.1, 0.15) is 0 Å². The third-order valence-corrected chi connectivity index (χ3v) is 5.34. The Kier molecular flexibility index (Phi) is 8.37. The molecular weight excluding hydrogens is 632 g/mol. The standard InChI is InChI=1S/C24H4BF15O3/c26-7-2-1-5(11(29)12(7)30)6-3-9(28)10(4-8(6)27)41-25(42-23-19(37)15(33)13(31)16(34)20(23)38)43-24-21(39)17(35)14(32)18(36)22(24)40/h1-4H. The van der Waals surface area contributed by atoms with E-state index in [1.165, 1.54) is 0 Å². The summed E-state index contributed by atoms with van der Waals surface area (Å²) in [4.78, 5) is 0. The van der Waals surface area contributed by atoms with Crippen LogP contribution in [0.4, 0.5) is 65.9 Å². The summed E-state index contributed by atoms with van der Waals surface area (Å²) in [5.41, 5.74) is -2.20. The van der Waals surface area contributed by atoms with Gasteiger partial charge in [-0.15, -0.1) is 0 Å². The molecule has 4 rings (SSSR count). The lowest BCUT2D eigenvalue weighted by Crippen LogP contribution is -2.39. The number of hydrogen-bond acceptors (Lipinski definition) is 3. The maximum Gasteiger partial charge on any atom is 0.864 e. The van der Waals surface area contributed by atoms with Gasteiger partial charge < -0.3 is 14.0 Å². The van der Waals surface area contributed by atoms with Crippen LogP contribution >= 0.6 is 0 Å². The SMILES string of the molecule is Fc1cc(-c2ccc(F)c(F)c2F)c(F)cc1OB(Oc1c(F)c(F)c(F)c(F)c1F)Oc1c(F)c(F)c(F)c(F)c1F. The van der Waals surface area contributed by atoms with Gasteiger partial charge in [-0.25, -0.2) is 48.3 Å². The maximum atomic E-state index is 14.8. The molecule has 226 valence electrons. The van der Waals surface area contributed by atoms with E-state index < -0.39 is 123 Å². The highest BCUT2D eigenvalue weighted by atomic mass is 19.2. The molecular formula is C24H4BF15O3. The average Bonchev–Trinajstić information content (AvgIpc) is 2.97. The van der Waals surface area contributed by atoms with Crippen molar-refractivity contribution in [3.63, 3.8) is 0 Å². The summed E-state index contributed by atoms with van der Waals surface area (Å²) in [6.45, 7) is 0. The summed E-state index contributed by atoms with van der Waals surface area (Å²) in [6.07, 6.45) is 0. The molecule has 0 aliphatic rings. The molecule has 0 saturated carbocycles. The second-order valence-electron chi connectivity index (χ2n) is 7.93. The first kappa shape index (κ1) is 31.2. The van der Waals surface area contributed by atoms with Crippen LogP contribution in [0.3, 0.4) is 0 Å². The summed E-state index contributed by atoms with van der Waals surface area (Å²) in [5, 5.41) is 0. The van der Waals surface area contributed by atoms with Crippen molar-refractivity contribution in [2.24, 2.45) is 0 Å². The fourth-order valence-corrected chi connectivity index (χ4v) is 3.30. The zero-order chi connectivity index (χ0) is 32.1. The normalized spacial score (nSPS) is 11.1. The Morgan fingerprint density at radius 1 is 0.349 bits per heavy atom. The third kappa shape index (κ3) is 5.45. The molecule has 0 heterocycles. The van der Waals surface area contributed by atoms with Gasteiger partial charge in [0.15, 0.2) is 34.8 Å². The maximum absolute atomic E-state index is 14.8. The summed E-state index contributed by atoms with van der Waals surface area (Å²) in [7, 11) is -3.44. The molecule has 0 radical (unpaired) electrons. The Bertz CT molecular complexity index is 1650. The van der Waals surface area contributed by atoms with Crippen molar-refractivity contribution in [3.05, 3.63) is 112 Å². The zero-order valence-electron chi connectivity index (χ0n) is 19.8. The van der Waals surface area contributed by atoms with Crippen LogP contribution in [-0.4, -0.2) is 7.32 Å². The third-order valence-electron chi connectivity index (χ3n) is 5.34. The Morgan fingerprint density at radius 3 is 1.21 bits per heavy atom. The Hall–Kier alpha value is -4.71. The van der Waals surface area contributed by atoms with Crippen LogP contribution in [0.5, 0.6) is 17.2 Å². The molecule has 0 aliphatic heterocycles. The number of rotatable bonds is 7. The lowest BCUT2D eigenvalue weighted by Gasteiger charge is -2.19. The van der Waals surface area contributed by atoms with Crippen molar-refractivity contribution in [1.82, 2.24) is 0 Å². The van der Waals surface area contributed by atoms with Gasteiger partial charge in [-0.3, -0.25) is 0 Å². The van der Waals surface area contributed by atoms with Crippen molar-refractivity contribution in [3.8, 4) is 28.4 Å². The van der Waals surface area contributed by atoms with Crippen molar-refractivity contribution in [2.75, 3.05) is 0 Å². The Balaban J connectivity index is 1.83. The summed E-state index contributed by atoms with van der Waals surface area (Å²) >= 11 is 0. The van der Waals surface area contributed by atoms with Crippen molar-refractivity contribution in [1.29, 1.82) is 0 Å². The summed E-state index contributed by atoms with van der Waals surface area (Å²) in [6, 6.07) is 0.714. The highest BCUT2D eigenvalue weighted by molar-refractivity contribution is 6.39. The lowest BCUT2D eigenvalue weighted by molar-refractivity contribution is 0.256. The number of benzene rings is 4. The molecule has 0 unspecified atom stereocenters. The summed E-state index contributed by atoms with van der Waals surface area (Å²) in [5.74, 6) is -43.2. The van der Waals surface area contributed by atoms with Crippen LogP contribution in [0, 0.1) is 87.3 Å². The van der Waals surface area contributed by atoms with E-state index in [0.717, 1.165) is 0 Å². The van der Waals surface area contributed by atoms with Crippen LogP contribution in [0.15, 0.2) is 24.3 Å². The van der Waals surface area contributed by atoms with Gasteiger partial charge in [-0.1, -0.05) is 0 Å². The molecule has 0 N–H and O–H groups in total. The molecule has 4 aromatic rings. The van der Waals surface area contributed by atoms with E-state index in [2.05, 4.69) is 14.0 Å². The van der Waals surface area contributed by atoms with Crippen LogP contribution in [0.25, 0.3) is 11.1 Å². The predicted molar refractivity (Wildman–Crippen MR) is 112 cm³/mol. The van der Waals surface area contributed by atoms with E-state index in [4.69, 9.17) is 0 Å². The quantitative estimate of drug-likeness (QED) is 0.0893. The molecule has 4 aromatic carbocycles. The van der Waals surface area contributed by atoms with Crippen LogP contribution < -0.4 is 14.0 Å². The number of hydrogen-bond donors (Lipinski definition) is 0. The van der Waals surface area contributed by atoms with Gasteiger partial charge in [0.25, 0.3) is 0 Å². The largest absolute Gasteiger partial charge is 0.864 e. The summed E-state index contributed by atoms with van der Waals surface area (Å²) < 4.78 is 221. The van der Waals surface area contributed by atoms with Crippen molar-refractivity contribution >= 4 is 7.32 Å². The van der Waals surface area contributed by atoms with E-state index in [0.29, 0.717) is 12.1 Å². The Morgan fingerprint density at radius 2 is 0.767 bits per heavy atom. The van der Waals surface area contributed by atoms with Gasteiger partial charge in [0.05, 0.1) is 0 Å². The number of halogens is 15.